The van der Waals surface area contributed by atoms with Crippen molar-refractivity contribution in [2.24, 2.45) is 0 Å². The molecule has 0 amide bonds. The second-order valence-electron chi connectivity index (χ2n) is 3.85. The minimum Gasteiger partial charge on any atom is -0.380 e. The summed E-state index contributed by atoms with van der Waals surface area (Å²) in [6, 6.07) is 8.71. The van der Waals surface area contributed by atoms with Crippen LogP contribution in [0.4, 0.5) is 5.69 Å². The van der Waals surface area contributed by atoms with Crippen molar-refractivity contribution in [3.05, 3.63) is 61.0 Å². The standard InChI is InChI=1S/C13H8Cl5N/c14-8-2-1-7(3-9(8)15)6-19-13-5-11(17)10(16)4-12(13)18/h1-5,19H,6H2. The van der Waals surface area contributed by atoms with Crippen LogP contribution in [0.25, 0.3) is 0 Å². The molecule has 0 aliphatic carbocycles. The maximum Gasteiger partial charge on any atom is 0.0653 e. The highest BCUT2D eigenvalue weighted by atomic mass is 35.5. The summed E-state index contributed by atoms with van der Waals surface area (Å²) < 4.78 is 0. The van der Waals surface area contributed by atoms with Crippen LogP contribution in [0.1, 0.15) is 5.56 Å². The minimum absolute atomic E-state index is 0.423. The Hall–Kier alpha value is -0.310. The molecule has 1 N–H and O–H groups in total. The zero-order chi connectivity index (χ0) is 14.0. The van der Waals surface area contributed by atoms with E-state index in [0.717, 1.165) is 5.56 Å². The molecule has 100 valence electrons. The largest absolute Gasteiger partial charge is 0.380 e. The molecule has 0 bridgehead atoms. The maximum absolute atomic E-state index is 6.07. The van der Waals surface area contributed by atoms with Gasteiger partial charge in [0.2, 0.25) is 0 Å². The van der Waals surface area contributed by atoms with Crippen molar-refractivity contribution in [1.82, 2.24) is 0 Å². The lowest BCUT2D eigenvalue weighted by molar-refractivity contribution is 1.15. The lowest BCUT2D eigenvalue weighted by atomic mass is 10.2. The van der Waals surface area contributed by atoms with Crippen LogP contribution in [0.15, 0.2) is 30.3 Å². The molecule has 0 unspecified atom stereocenters. The summed E-state index contributed by atoms with van der Waals surface area (Å²) in [5.41, 5.74) is 1.69. The monoisotopic (exact) mass is 353 g/mol. The number of anilines is 1. The van der Waals surface area contributed by atoms with Gasteiger partial charge in [-0.05, 0) is 29.8 Å². The average molecular weight is 355 g/mol. The summed E-state index contributed by atoms with van der Waals surface area (Å²) >= 11 is 29.7. The van der Waals surface area contributed by atoms with Crippen molar-refractivity contribution in [3.63, 3.8) is 0 Å². The number of halogens is 5. The van der Waals surface area contributed by atoms with E-state index in [4.69, 9.17) is 58.0 Å². The van der Waals surface area contributed by atoms with Gasteiger partial charge in [0, 0.05) is 6.54 Å². The van der Waals surface area contributed by atoms with Crippen LogP contribution in [0, 0.1) is 0 Å². The van der Waals surface area contributed by atoms with E-state index in [9.17, 15) is 0 Å². The van der Waals surface area contributed by atoms with Crippen LogP contribution in [0.3, 0.4) is 0 Å². The van der Waals surface area contributed by atoms with Gasteiger partial charge in [-0.2, -0.15) is 0 Å². The topological polar surface area (TPSA) is 12.0 Å². The van der Waals surface area contributed by atoms with Gasteiger partial charge in [-0.1, -0.05) is 64.1 Å². The normalized spacial score (nSPS) is 10.6. The summed E-state index contributed by atoms with van der Waals surface area (Å²) in [7, 11) is 0. The first-order chi connectivity index (χ1) is 8.97. The lowest BCUT2D eigenvalue weighted by Crippen LogP contribution is -2.00. The second kappa shape index (κ2) is 6.43. The Balaban J connectivity index is 2.14. The van der Waals surface area contributed by atoms with Crippen LogP contribution in [0.5, 0.6) is 0 Å². The first kappa shape index (κ1) is 15.1. The van der Waals surface area contributed by atoms with Crippen molar-refractivity contribution >= 4 is 63.7 Å². The fraction of sp³-hybridized carbons (Fsp3) is 0.0769. The Morgan fingerprint density at radius 1 is 0.684 bits per heavy atom. The van der Waals surface area contributed by atoms with E-state index in [1.807, 2.05) is 6.07 Å². The molecule has 0 spiro atoms. The summed E-state index contributed by atoms with van der Waals surface area (Å²) in [6.45, 7) is 0.550. The Morgan fingerprint density at radius 2 is 1.32 bits per heavy atom. The highest BCUT2D eigenvalue weighted by molar-refractivity contribution is 6.44. The van der Waals surface area contributed by atoms with Gasteiger partial charge in [-0.15, -0.1) is 0 Å². The van der Waals surface area contributed by atoms with E-state index in [-0.39, 0.29) is 0 Å². The average Bonchev–Trinajstić information content (AvgIpc) is 2.36. The third-order valence-corrected chi connectivity index (χ3v) is 4.25. The number of benzene rings is 2. The van der Waals surface area contributed by atoms with E-state index < -0.39 is 0 Å². The highest BCUT2D eigenvalue weighted by Gasteiger charge is 2.06. The number of hydrogen-bond donors (Lipinski definition) is 1. The molecule has 0 radical (unpaired) electrons. The van der Waals surface area contributed by atoms with E-state index in [2.05, 4.69) is 5.32 Å². The van der Waals surface area contributed by atoms with Gasteiger partial charge < -0.3 is 5.32 Å². The van der Waals surface area contributed by atoms with Crippen molar-refractivity contribution in [3.8, 4) is 0 Å². The molecule has 1 nitrogen and oxygen atoms in total. The third kappa shape index (κ3) is 3.84. The molecule has 0 aliphatic heterocycles. The first-order valence-electron chi connectivity index (χ1n) is 5.29. The Morgan fingerprint density at radius 3 is 2.00 bits per heavy atom. The molecule has 2 aromatic carbocycles. The summed E-state index contributed by atoms with van der Waals surface area (Å²) in [6.07, 6.45) is 0. The molecule has 2 rings (SSSR count). The van der Waals surface area contributed by atoms with Crippen LogP contribution < -0.4 is 5.32 Å². The fourth-order valence-electron chi connectivity index (χ4n) is 1.50. The van der Waals surface area contributed by atoms with Gasteiger partial charge >= 0.3 is 0 Å². The zero-order valence-electron chi connectivity index (χ0n) is 9.48. The van der Waals surface area contributed by atoms with E-state index in [0.29, 0.717) is 37.3 Å². The van der Waals surface area contributed by atoms with Gasteiger partial charge in [0.15, 0.2) is 0 Å². The summed E-state index contributed by atoms with van der Waals surface area (Å²) in [5, 5.41) is 5.59. The van der Waals surface area contributed by atoms with Gasteiger partial charge in [0.25, 0.3) is 0 Å². The van der Waals surface area contributed by atoms with Crippen LogP contribution in [0.2, 0.25) is 25.1 Å². The van der Waals surface area contributed by atoms with Crippen molar-refractivity contribution in [2.45, 2.75) is 6.54 Å². The SMILES string of the molecule is Clc1ccc(CNc2cc(Cl)c(Cl)cc2Cl)cc1Cl. The van der Waals surface area contributed by atoms with Gasteiger partial charge in [0.1, 0.15) is 0 Å². The van der Waals surface area contributed by atoms with Gasteiger partial charge in [0.05, 0.1) is 30.8 Å². The van der Waals surface area contributed by atoms with Crippen molar-refractivity contribution in [1.29, 1.82) is 0 Å². The molecular formula is C13H8Cl5N. The number of hydrogen-bond acceptors (Lipinski definition) is 1. The van der Waals surface area contributed by atoms with E-state index >= 15 is 0 Å². The molecule has 0 aromatic heterocycles. The Labute approximate surface area is 136 Å². The summed E-state index contributed by atoms with van der Waals surface area (Å²) in [4.78, 5) is 0. The molecule has 19 heavy (non-hydrogen) atoms. The van der Waals surface area contributed by atoms with Crippen molar-refractivity contribution in [2.75, 3.05) is 5.32 Å². The quantitative estimate of drug-likeness (QED) is 0.614. The minimum atomic E-state index is 0.423. The first-order valence-corrected chi connectivity index (χ1v) is 7.18. The van der Waals surface area contributed by atoms with Gasteiger partial charge in [-0.25, -0.2) is 0 Å². The molecule has 0 aliphatic rings. The highest BCUT2D eigenvalue weighted by Crippen LogP contribution is 2.32. The third-order valence-electron chi connectivity index (χ3n) is 2.48. The molecule has 0 atom stereocenters. The summed E-state index contributed by atoms with van der Waals surface area (Å²) in [5.74, 6) is 0. The molecule has 0 saturated carbocycles. The zero-order valence-corrected chi connectivity index (χ0v) is 13.3. The number of nitrogens with one attached hydrogen (secondary N) is 1. The Bertz CT molecular complexity index is 612. The predicted octanol–water partition coefficient (Wildman–Crippen LogP) is 6.57. The van der Waals surface area contributed by atoms with E-state index in [1.54, 1.807) is 24.3 Å². The number of rotatable bonds is 3. The van der Waals surface area contributed by atoms with Crippen LogP contribution in [-0.4, -0.2) is 0 Å². The molecule has 0 saturated heterocycles. The smallest absolute Gasteiger partial charge is 0.0653 e. The fourth-order valence-corrected chi connectivity index (χ4v) is 2.44. The molecule has 0 heterocycles. The second-order valence-corrected chi connectivity index (χ2v) is 5.88. The predicted molar refractivity (Wildman–Crippen MR) is 85.3 cm³/mol. The van der Waals surface area contributed by atoms with Crippen LogP contribution >= 0.6 is 58.0 Å². The lowest BCUT2D eigenvalue weighted by Gasteiger charge is -2.10. The Kier molecular flexibility index (Phi) is 5.10. The van der Waals surface area contributed by atoms with E-state index in [1.165, 1.54) is 0 Å². The van der Waals surface area contributed by atoms with Crippen LogP contribution in [-0.2, 0) is 6.54 Å². The van der Waals surface area contributed by atoms with Gasteiger partial charge in [-0.3, -0.25) is 0 Å². The maximum atomic E-state index is 6.07. The molecule has 2 aromatic rings. The van der Waals surface area contributed by atoms with Crippen molar-refractivity contribution < 1.29 is 0 Å². The molecule has 0 fully saturated rings. The molecule has 6 heteroatoms. The molecular weight excluding hydrogens is 347 g/mol.